The van der Waals surface area contributed by atoms with Crippen molar-refractivity contribution in [3.8, 4) is 11.5 Å². The van der Waals surface area contributed by atoms with E-state index in [1.165, 1.54) is 0 Å². The van der Waals surface area contributed by atoms with E-state index < -0.39 is 0 Å². The Hall–Kier alpha value is -2.21. The molecule has 6 heteroatoms. The normalized spacial score (nSPS) is 12.2. The third-order valence-corrected chi connectivity index (χ3v) is 4.02. The van der Waals surface area contributed by atoms with E-state index in [2.05, 4.69) is 15.5 Å². The Morgan fingerprint density at radius 1 is 1.20 bits per heavy atom. The summed E-state index contributed by atoms with van der Waals surface area (Å²) in [6.07, 6.45) is 0.619. The van der Waals surface area contributed by atoms with Crippen molar-refractivity contribution >= 4 is 5.91 Å². The molecular formula is C19H27N3O3. The first-order valence-corrected chi connectivity index (χ1v) is 8.47. The summed E-state index contributed by atoms with van der Waals surface area (Å²) in [5.41, 5.74) is 0.700. The van der Waals surface area contributed by atoms with Crippen molar-refractivity contribution in [2.75, 3.05) is 13.2 Å². The molecule has 0 aliphatic carbocycles. The van der Waals surface area contributed by atoms with E-state index >= 15 is 0 Å². The van der Waals surface area contributed by atoms with Gasteiger partial charge >= 0.3 is 0 Å². The Bertz CT molecular complexity index is 730. The van der Waals surface area contributed by atoms with Gasteiger partial charge in [-0.1, -0.05) is 51.9 Å². The van der Waals surface area contributed by atoms with Crippen LogP contribution < -0.4 is 5.32 Å². The second-order valence-corrected chi connectivity index (χ2v) is 8.04. The summed E-state index contributed by atoms with van der Waals surface area (Å²) in [7, 11) is 0. The van der Waals surface area contributed by atoms with Crippen molar-refractivity contribution < 1.29 is 14.4 Å². The fraction of sp³-hybridized carbons (Fsp3) is 0.526. The number of hydrogen-bond donors (Lipinski definition) is 2. The Morgan fingerprint density at radius 3 is 2.48 bits per heavy atom. The van der Waals surface area contributed by atoms with Gasteiger partial charge in [0, 0.05) is 18.6 Å². The molecule has 1 heterocycles. The van der Waals surface area contributed by atoms with Crippen LogP contribution in [-0.4, -0.2) is 34.3 Å². The average molecular weight is 345 g/mol. The van der Waals surface area contributed by atoms with E-state index in [4.69, 9.17) is 9.63 Å². The molecule has 136 valence electrons. The van der Waals surface area contributed by atoms with Crippen molar-refractivity contribution in [3.05, 3.63) is 35.7 Å². The number of rotatable bonds is 6. The van der Waals surface area contributed by atoms with Crippen molar-refractivity contribution in [2.45, 2.75) is 46.5 Å². The van der Waals surface area contributed by atoms with Crippen LogP contribution in [0.4, 0.5) is 0 Å². The predicted octanol–water partition coefficient (Wildman–Crippen LogP) is 3.17. The smallest absolute Gasteiger partial charge is 0.258 e. The van der Waals surface area contributed by atoms with Crippen LogP contribution in [0.3, 0.4) is 0 Å². The molecule has 0 saturated heterocycles. The number of hydrogen-bond acceptors (Lipinski definition) is 5. The summed E-state index contributed by atoms with van der Waals surface area (Å²) in [4.78, 5) is 17.1. The fourth-order valence-electron chi connectivity index (χ4n) is 2.31. The molecule has 0 radical (unpaired) electrons. The van der Waals surface area contributed by atoms with Crippen molar-refractivity contribution in [1.82, 2.24) is 15.5 Å². The largest absolute Gasteiger partial charge is 0.396 e. The van der Waals surface area contributed by atoms with E-state index in [-0.39, 0.29) is 23.3 Å². The standard InChI is InChI=1S/C19H27N3O3/c1-18(2,3)17-21-16(25-22-17)14-9-7-6-8-13(14)15(24)20-12-19(4,5)10-11-23/h6-9,23H,10-12H2,1-5H3,(H,20,24). The van der Waals surface area contributed by atoms with Gasteiger partial charge in [-0.3, -0.25) is 4.79 Å². The lowest BCUT2D eigenvalue weighted by atomic mass is 9.89. The maximum Gasteiger partial charge on any atom is 0.258 e. The van der Waals surface area contributed by atoms with E-state index in [1.54, 1.807) is 18.2 Å². The molecule has 0 spiro atoms. The highest BCUT2D eigenvalue weighted by atomic mass is 16.5. The summed E-state index contributed by atoms with van der Waals surface area (Å²) in [6, 6.07) is 7.18. The molecule has 0 unspecified atom stereocenters. The number of aromatic nitrogens is 2. The van der Waals surface area contributed by atoms with E-state index in [0.29, 0.717) is 35.8 Å². The number of benzene rings is 1. The van der Waals surface area contributed by atoms with Crippen molar-refractivity contribution in [1.29, 1.82) is 0 Å². The number of nitrogens with zero attached hydrogens (tertiary/aromatic N) is 2. The third kappa shape index (κ3) is 4.89. The predicted molar refractivity (Wildman–Crippen MR) is 96.3 cm³/mol. The minimum atomic E-state index is -0.229. The quantitative estimate of drug-likeness (QED) is 0.839. The monoisotopic (exact) mass is 345 g/mol. The molecule has 2 aromatic rings. The second kappa shape index (κ2) is 7.35. The summed E-state index contributed by atoms with van der Waals surface area (Å²) in [5, 5.41) is 16.1. The van der Waals surface area contributed by atoms with E-state index in [1.807, 2.05) is 40.7 Å². The zero-order valence-corrected chi connectivity index (χ0v) is 15.6. The van der Waals surface area contributed by atoms with Crippen LogP contribution in [0.15, 0.2) is 28.8 Å². The lowest BCUT2D eigenvalue weighted by Crippen LogP contribution is -2.34. The molecule has 0 bridgehead atoms. The Labute approximate surface area is 148 Å². The van der Waals surface area contributed by atoms with Gasteiger partial charge in [-0.05, 0) is 24.0 Å². The van der Waals surface area contributed by atoms with Crippen LogP contribution in [0.25, 0.3) is 11.5 Å². The molecule has 0 aliphatic heterocycles. The maximum absolute atomic E-state index is 12.6. The first-order valence-electron chi connectivity index (χ1n) is 8.47. The van der Waals surface area contributed by atoms with E-state index in [0.717, 1.165) is 0 Å². The average Bonchev–Trinajstić information content (AvgIpc) is 3.03. The van der Waals surface area contributed by atoms with Gasteiger partial charge in [-0.25, -0.2) is 0 Å². The minimum absolute atomic E-state index is 0.0943. The molecule has 0 fully saturated rings. The maximum atomic E-state index is 12.6. The van der Waals surface area contributed by atoms with Crippen LogP contribution >= 0.6 is 0 Å². The molecule has 2 rings (SSSR count). The number of nitrogens with one attached hydrogen (secondary N) is 1. The minimum Gasteiger partial charge on any atom is -0.396 e. The van der Waals surface area contributed by atoms with Crippen molar-refractivity contribution in [2.24, 2.45) is 5.41 Å². The van der Waals surface area contributed by atoms with Gasteiger partial charge < -0.3 is 14.9 Å². The van der Waals surface area contributed by atoms with Gasteiger partial charge in [0.15, 0.2) is 5.82 Å². The number of aliphatic hydroxyl groups is 1. The van der Waals surface area contributed by atoms with Gasteiger partial charge in [-0.15, -0.1) is 0 Å². The molecule has 1 aromatic carbocycles. The molecule has 0 saturated carbocycles. The number of aliphatic hydroxyl groups excluding tert-OH is 1. The first-order chi connectivity index (χ1) is 11.6. The van der Waals surface area contributed by atoms with Gasteiger partial charge in [0.05, 0.1) is 11.1 Å². The molecule has 25 heavy (non-hydrogen) atoms. The van der Waals surface area contributed by atoms with Crippen LogP contribution in [0, 0.1) is 5.41 Å². The van der Waals surface area contributed by atoms with Gasteiger partial charge in [-0.2, -0.15) is 4.98 Å². The number of amides is 1. The Balaban J connectivity index is 2.23. The summed E-state index contributed by atoms with van der Waals surface area (Å²) < 4.78 is 5.38. The molecule has 2 N–H and O–H groups in total. The summed E-state index contributed by atoms with van der Waals surface area (Å²) in [5.74, 6) is 0.740. The molecule has 0 aliphatic rings. The highest BCUT2D eigenvalue weighted by Crippen LogP contribution is 2.26. The lowest BCUT2D eigenvalue weighted by Gasteiger charge is -2.24. The van der Waals surface area contributed by atoms with Gasteiger partial charge in [0.1, 0.15) is 0 Å². The van der Waals surface area contributed by atoms with Crippen LogP contribution in [0.2, 0.25) is 0 Å². The van der Waals surface area contributed by atoms with Crippen LogP contribution in [0.1, 0.15) is 57.2 Å². The Morgan fingerprint density at radius 2 is 1.88 bits per heavy atom. The highest BCUT2D eigenvalue weighted by Gasteiger charge is 2.24. The third-order valence-electron chi connectivity index (χ3n) is 4.02. The zero-order chi connectivity index (χ0) is 18.7. The molecule has 6 nitrogen and oxygen atoms in total. The first kappa shape index (κ1) is 19.1. The molecule has 1 amide bonds. The topological polar surface area (TPSA) is 88.2 Å². The summed E-state index contributed by atoms with van der Waals surface area (Å²) >= 11 is 0. The van der Waals surface area contributed by atoms with Crippen LogP contribution in [0.5, 0.6) is 0 Å². The lowest BCUT2D eigenvalue weighted by molar-refractivity contribution is 0.0928. The molecule has 1 aromatic heterocycles. The number of carbonyl (C=O) groups excluding carboxylic acids is 1. The summed E-state index contributed by atoms with van der Waals surface area (Å²) in [6.45, 7) is 10.6. The SMILES string of the molecule is CC(C)(CCO)CNC(=O)c1ccccc1-c1nc(C(C)(C)C)no1. The Kier molecular flexibility index (Phi) is 5.62. The zero-order valence-electron chi connectivity index (χ0n) is 15.6. The fourth-order valence-corrected chi connectivity index (χ4v) is 2.31. The molecular weight excluding hydrogens is 318 g/mol. The highest BCUT2D eigenvalue weighted by molar-refractivity contribution is 5.99. The van der Waals surface area contributed by atoms with Crippen molar-refractivity contribution in [3.63, 3.8) is 0 Å². The van der Waals surface area contributed by atoms with Gasteiger partial charge in [0.25, 0.3) is 11.8 Å². The number of carbonyl (C=O) groups is 1. The molecule has 0 atom stereocenters. The van der Waals surface area contributed by atoms with E-state index in [9.17, 15) is 4.79 Å². The second-order valence-electron chi connectivity index (χ2n) is 8.04. The van der Waals surface area contributed by atoms with Crippen LogP contribution in [-0.2, 0) is 5.41 Å². The van der Waals surface area contributed by atoms with Gasteiger partial charge in [0.2, 0.25) is 0 Å².